The summed E-state index contributed by atoms with van der Waals surface area (Å²) in [4.78, 5) is 20.1. The zero-order valence-electron chi connectivity index (χ0n) is 12.5. The van der Waals surface area contributed by atoms with Gasteiger partial charge in [-0.1, -0.05) is 0 Å². The first-order valence-electron chi connectivity index (χ1n) is 7.26. The molecule has 2 N–H and O–H groups in total. The first kappa shape index (κ1) is 14.9. The lowest BCUT2D eigenvalue weighted by atomic mass is 10.0. The fourth-order valence-electron chi connectivity index (χ4n) is 2.95. The van der Waals surface area contributed by atoms with Gasteiger partial charge in [0.15, 0.2) is 17.6 Å². The molecule has 2 atom stereocenters. The summed E-state index contributed by atoms with van der Waals surface area (Å²) in [6.07, 6.45) is 2.55. The van der Waals surface area contributed by atoms with Gasteiger partial charge in [-0.05, 0) is 26.9 Å². The van der Waals surface area contributed by atoms with Crippen LogP contribution in [-0.2, 0) is 14.9 Å². The standard InChI is InChI=1S/C14H22N4O2S/c1-17(2)9-14(3-4-14)11-8-21-13(16-11)18-6-10(5-15)20-12(18)7-19/h7-8,10,12H,3-6,9,15H2,1-2H3. The number of carbonyl (C=O) groups excluding carboxylic acids is 1. The smallest absolute Gasteiger partial charge is 0.189 e. The molecule has 0 aromatic carbocycles. The van der Waals surface area contributed by atoms with Crippen LogP contribution in [0.4, 0.5) is 5.13 Å². The van der Waals surface area contributed by atoms with E-state index in [1.807, 2.05) is 4.90 Å². The van der Waals surface area contributed by atoms with Gasteiger partial charge in [-0.25, -0.2) is 4.98 Å². The minimum Gasteiger partial charge on any atom is -0.345 e. The van der Waals surface area contributed by atoms with E-state index in [-0.39, 0.29) is 11.5 Å². The number of anilines is 1. The van der Waals surface area contributed by atoms with Gasteiger partial charge in [0, 0.05) is 23.9 Å². The molecule has 0 spiro atoms. The van der Waals surface area contributed by atoms with Crippen molar-refractivity contribution in [2.24, 2.45) is 5.73 Å². The second kappa shape index (κ2) is 5.64. The fraction of sp³-hybridized carbons (Fsp3) is 0.714. The Morgan fingerprint density at radius 1 is 1.62 bits per heavy atom. The minimum absolute atomic E-state index is 0.0933. The molecular formula is C14H22N4O2S. The number of nitrogens with zero attached hydrogens (tertiary/aromatic N) is 3. The number of hydrogen-bond donors (Lipinski definition) is 1. The Hall–Kier alpha value is -1.02. The summed E-state index contributed by atoms with van der Waals surface area (Å²) in [6, 6.07) is 0. The van der Waals surface area contributed by atoms with Crippen molar-refractivity contribution in [2.45, 2.75) is 30.6 Å². The number of carbonyl (C=O) groups is 1. The van der Waals surface area contributed by atoms with Crippen molar-refractivity contribution in [3.63, 3.8) is 0 Å². The predicted octanol–water partition coefficient (Wildman–Crippen LogP) is 0.425. The molecule has 1 aromatic rings. The van der Waals surface area contributed by atoms with Gasteiger partial charge in [0.2, 0.25) is 0 Å². The van der Waals surface area contributed by atoms with Gasteiger partial charge < -0.3 is 20.3 Å². The minimum atomic E-state index is -0.554. The monoisotopic (exact) mass is 310 g/mol. The van der Waals surface area contributed by atoms with E-state index in [9.17, 15) is 4.79 Å². The molecule has 1 aliphatic heterocycles. The summed E-state index contributed by atoms with van der Waals surface area (Å²) < 4.78 is 5.59. The molecular weight excluding hydrogens is 288 g/mol. The number of ether oxygens (including phenoxy) is 1. The van der Waals surface area contributed by atoms with E-state index in [1.165, 1.54) is 12.8 Å². The van der Waals surface area contributed by atoms with Crippen LogP contribution in [0.2, 0.25) is 0 Å². The normalized spacial score (nSPS) is 27.3. The van der Waals surface area contributed by atoms with Crippen molar-refractivity contribution in [2.75, 3.05) is 38.6 Å². The number of aromatic nitrogens is 1. The third kappa shape index (κ3) is 2.83. The summed E-state index contributed by atoms with van der Waals surface area (Å²) in [6.45, 7) is 2.08. The number of thiazole rings is 1. The Kier molecular flexibility index (Phi) is 4.00. The van der Waals surface area contributed by atoms with Crippen LogP contribution in [0.3, 0.4) is 0 Å². The number of aldehydes is 1. The molecule has 1 saturated heterocycles. The summed E-state index contributed by atoms with van der Waals surface area (Å²) >= 11 is 1.59. The van der Waals surface area contributed by atoms with Crippen LogP contribution in [-0.4, -0.2) is 62.2 Å². The third-order valence-electron chi connectivity index (χ3n) is 4.17. The predicted molar refractivity (Wildman–Crippen MR) is 82.7 cm³/mol. The van der Waals surface area contributed by atoms with Gasteiger partial charge in [0.25, 0.3) is 0 Å². The maximum atomic E-state index is 11.2. The highest BCUT2D eigenvalue weighted by atomic mass is 32.1. The van der Waals surface area contributed by atoms with Crippen molar-refractivity contribution >= 4 is 22.8 Å². The van der Waals surface area contributed by atoms with Gasteiger partial charge in [-0.2, -0.15) is 0 Å². The average Bonchev–Trinajstić information content (AvgIpc) is 2.94. The summed E-state index contributed by atoms with van der Waals surface area (Å²) in [7, 11) is 4.19. The van der Waals surface area contributed by atoms with Crippen molar-refractivity contribution in [3.8, 4) is 0 Å². The third-order valence-corrected chi connectivity index (χ3v) is 5.05. The van der Waals surface area contributed by atoms with E-state index in [0.717, 1.165) is 23.7 Å². The van der Waals surface area contributed by atoms with Crippen LogP contribution in [0, 0.1) is 0 Å². The summed E-state index contributed by atoms with van der Waals surface area (Å²) in [5, 5.41) is 2.99. The van der Waals surface area contributed by atoms with E-state index in [4.69, 9.17) is 15.5 Å². The highest BCUT2D eigenvalue weighted by molar-refractivity contribution is 7.13. The lowest BCUT2D eigenvalue weighted by molar-refractivity contribution is -0.117. The first-order chi connectivity index (χ1) is 10.1. The lowest BCUT2D eigenvalue weighted by Gasteiger charge is -2.19. The van der Waals surface area contributed by atoms with Crippen LogP contribution in [0.15, 0.2) is 5.38 Å². The van der Waals surface area contributed by atoms with Crippen LogP contribution >= 0.6 is 11.3 Å². The lowest BCUT2D eigenvalue weighted by Crippen LogP contribution is -2.32. The van der Waals surface area contributed by atoms with E-state index < -0.39 is 6.23 Å². The number of hydrogen-bond acceptors (Lipinski definition) is 7. The molecule has 3 rings (SSSR count). The Morgan fingerprint density at radius 2 is 2.38 bits per heavy atom. The fourth-order valence-corrected chi connectivity index (χ4v) is 3.94. The van der Waals surface area contributed by atoms with Crippen molar-refractivity contribution < 1.29 is 9.53 Å². The maximum absolute atomic E-state index is 11.2. The molecule has 2 fully saturated rings. The Morgan fingerprint density at radius 3 is 2.95 bits per heavy atom. The second-order valence-electron chi connectivity index (χ2n) is 6.21. The van der Waals surface area contributed by atoms with Gasteiger partial charge in [-0.15, -0.1) is 11.3 Å². The quantitative estimate of drug-likeness (QED) is 0.768. The van der Waals surface area contributed by atoms with Crippen LogP contribution in [0.25, 0.3) is 0 Å². The average molecular weight is 310 g/mol. The Bertz CT molecular complexity index is 515. The molecule has 1 aromatic heterocycles. The highest BCUT2D eigenvalue weighted by Crippen LogP contribution is 2.49. The Labute approximate surface area is 128 Å². The van der Waals surface area contributed by atoms with Crippen molar-refractivity contribution in [3.05, 3.63) is 11.1 Å². The van der Waals surface area contributed by atoms with Gasteiger partial charge in [-0.3, -0.25) is 4.79 Å². The van der Waals surface area contributed by atoms with E-state index in [2.05, 4.69) is 24.4 Å². The first-order valence-corrected chi connectivity index (χ1v) is 8.14. The second-order valence-corrected chi connectivity index (χ2v) is 7.04. The molecule has 2 heterocycles. The van der Waals surface area contributed by atoms with Gasteiger partial charge in [0.1, 0.15) is 0 Å². The van der Waals surface area contributed by atoms with Gasteiger partial charge in [0.05, 0.1) is 18.3 Å². The molecule has 21 heavy (non-hydrogen) atoms. The largest absolute Gasteiger partial charge is 0.345 e. The van der Waals surface area contributed by atoms with Crippen LogP contribution in [0.1, 0.15) is 18.5 Å². The summed E-state index contributed by atoms with van der Waals surface area (Å²) in [5.74, 6) is 0. The molecule has 116 valence electrons. The Balaban J connectivity index is 1.77. The molecule has 6 nitrogen and oxygen atoms in total. The molecule has 2 unspecified atom stereocenters. The molecule has 1 saturated carbocycles. The van der Waals surface area contributed by atoms with E-state index >= 15 is 0 Å². The SMILES string of the molecule is CN(C)CC1(c2csc(N3CC(CN)OC3C=O)n2)CC1. The maximum Gasteiger partial charge on any atom is 0.189 e. The van der Waals surface area contributed by atoms with E-state index in [1.54, 1.807) is 11.3 Å². The number of likely N-dealkylation sites (N-methyl/N-ethyl adjacent to an activating group) is 1. The van der Waals surface area contributed by atoms with E-state index in [0.29, 0.717) is 13.1 Å². The van der Waals surface area contributed by atoms with Crippen molar-refractivity contribution in [1.82, 2.24) is 9.88 Å². The summed E-state index contributed by atoms with van der Waals surface area (Å²) in [5.41, 5.74) is 7.00. The zero-order valence-corrected chi connectivity index (χ0v) is 13.3. The van der Waals surface area contributed by atoms with Crippen molar-refractivity contribution in [1.29, 1.82) is 0 Å². The molecule has 1 aliphatic carbocycles. The topological polar surface area (TPSA) is 71.7 Å². The molecule has 0 bridgehead atoms. The highest BCUT2D eigenvalue weighted by Gasteiger charge is 2.47. The number of rotatable bonds is 6. The molecule has 7 heteroatoms. The molecule has 0 amide bonds. The van der Waals surface area contributed by atoms with Gasteiger partial charge >= 0.3 is 0 Å². The zero-order chi connectivity index (χ0) is 15.0. The molecule has 2 aliphatic rings. The number of nitrogens with two attached hydrogens (primary N) is 1. The van der Waals surface area contributed by atoms with Crippen LogP contribution < -0.4 is 10.6 Å². The molecule has 0 radical (unpaired) electrons. The van der Waals surface area contributed by atoms with Crippen LogP contribution in [0.5, 0.6) is 0 Å².